The first-order valence-corrected chi connectivity index (χ1v) is 5.12. The van der Waals surface area contributed by atoms with Gasteiger partial charge in [0.15, 0.2) is 11.6 Å². The predicted molar refractivity (Wildman–Crippen MR) is 62.4 cm³/mol. The van der Waals surface area contributed by atoms with Crippen LogP contribution in [-0.2, 0) is 9.59 Å². The molecule has 0 saturated carbocycles. The van der Waals surface area contributed by atoms with Crippen molar-refractivity contribution in [1.29, 1.82) is 0 Å². The highest BCUT2D eigenvalue weighted by Gasteiger charge is 1.97. The fraction of sp³-hybridized carbons (Fsp3) is 0. The van der Waals surface area contributed by atoms with Crippen LogP contribution in [0.25, 0.3) is 0 Å². The van der Waals surface area contributed by atoms with Crippen LogP contribution >= 0.6 is 15.9 Å². The van der Waals surface area contributed by atoms with Gasteiger partial charge in [-0.2, -0.15) is 0 Å². The SMILES string of the molecule is Brc1ccccc1.O=C1C=CC(=O)C=C1. The first kappa shape index (κ1) is 11.6. The van der Waals surface area contributed by atoms with Crippen molar-refractivity contribution in [3.8, 4) is 0 Å². The third kappa shape index (κ3) is 5.08. The van der Waals surface area contributed by atoms with Crippen LogP contribution in [0.4, 0.5) is 0 Å². The van der Waals surface area contributed by atoms with Crippen LogP contribution in [0, 0.1) is 0 Å². The fourth-order valence-electron chi connectivity index (χ4n) is 0.854. The van der Waals surface area contributed by atoms with Crippen LogP contribution in [0.15, 0.2) is 59.1 Å². The summed E-state index contributed by atoms with van der Waals surface area (Å²) in [6, 6.07) is 9.97. The van der Waals surface area contributed by atoms with Crippen molar-refractivity contribution < 1.29 is 9.59 Å². The summed E-state index contributed by atoms with van der Waals surface area (Å²) in [6.07, 6.45) is 5.01. The molecule has 0 bridgehead atoms. The van der Waals surface area contributed by atoms with E-state index in [0.29, 0.717) is 0 Å². The highest BCUT2D eigenvalue weighted by atomic mass is 79.9. The first-order valence-electron chi connectivity index (χ1n) is 4.33. The van der Waals surface area contributed by atoms with Crippen LogP contribution in [-0.4, -0.2) is 11.6 Å². The van der Waals surface area contributed by atoms with Gasteiger partial charge in [0.1, 0.15) is 0 Å². The van der Waals surface area contributed by atoms with Gasteiger partial charge < -0.3 is 0 Å². The second-order valence-corrected chi connectivity index (χ2v) is 3.68. The van der Waals surface area contributed by atoms with Gasteiger partial charge in [0.2, 0.25) is 0 Å². The summed E-state index contributed by atoms with van der Waals surface area (Å²) in [5, 5.41) is 0. The maximum absolute atomic E-state index is 10.3. The number of carbonyl (C=O) groups is 2. The third-order valence-corrected chi connectivity index (χ3v) is 2.09. The Labute approximate surface area is 96.4 Å². The van der Waals surface area contributed by atoms with E-state index in [4.69, 9.17) is 0 Å². The second kappa shape index (κ2) is 6.09. The standard InChI is InChI=1S/C6H5Br.C6H4O2/c7-6-4-2-1-3-5-6;7-5-1-2-6(8)4-3-5/h1-5H;1-4H. The molecule has 0 fully saturated rings. The van der Waals surface area contributed by atoms with E-state index < -0.39 is 0 Å². The van der Waals surface area contributed by atoms with Crippen molar-refractivity contribution >= 4 is 27.5 Å². The van der Waals surface area contributed by atoms with E-state index in [-0.39, 0.29) is 11.6 Å². The number of hydrogen-bond acceptors (Lipinski definition) is 2. The second-order valence-electron chi connectivity index (χ2n) is 2.77. The molecule has 0 N–H and O–H groups in total. The maximum atomic E-state index is 10.3. The number of hydrogen-bond donors (Lipinski definition) is 0. The van der Waals surface area contributed by atoms with Gasteiger partial charge >= 0.3 is 0 Å². The molecular weight excluding hydrogens is 256 g/mol. The van der Waals surface area contributed by atoms with Gasteiger partial charge in [-0.15, -0.1) is 0 Å². The maximum Gasteiger partial charge on any atom is 0.178 e. The minimum Gasteiger partial charge on any atom is -0.290 e. The van der Waals surface area contributed by atoms with Crippen molar-refractivity contribution in [3.05, 3.63) is 59.1 Å². The Morgan fingerprint density at radius 3 is 1.40 bits per heavy atom. The molecule has 0 atom stereocenters. The smallest absolute Gasteiger partial charge is 0.178 e. The Kier molecular flexibility index (Phi) is 4.71. The van der Waals surface area contributed by atoms with Crippen molar-refractivity contribution in [2.75, 3.05) is 0 Å². The molecule has 15 heavy (non-hydrogen) atoms. The molecular formula is C12H9BrO2. The van der Waals surface area contributed by atoms with Crippen LogP contribution in [0.5, 0.6) is 0 Å². The van der Waals surface area contributed by atoms with E-state index in [9.17, 15) is 9.59 Å². The van der Waals surface area contributed by atoms with Gasteiger partial charge in [0.25, 0.3) is 0 Å². The summed E-state index contributed by atoms with van der Waals surface area (Å²) in [5.41, 5.74) is 0. The minimum absolute atomic E-state index is 0.121. The highest BCUT2D eigenvalue weighted by molar-refractivity contribution is 9.10. The van der Waals surface area contributed by atoms with E-state index in [2.05, 4.69) is 15.9 Å². The Balaban J connectivity index is 0.000000151. The third-order valence-electron chi connectivity index (χ3n) is 1.56. The molecule has 0 spiro atoms. The summed E-state index contributed by atoms with van der Waals surface area (Å²) in [6.45, 7) is 0. The molecule has 1 aromatic rings. The Morgan fingerprint density at radius 1 is 0.733 bits per heavy atom. The largest absolute Gasteiger partial charge is 0.290 e. The summed E-state index contributed by atoms with van der Waals surface area (Å²) >= 11 is 3.31. The van der Waals surface area contributed by atoms with Gasteiger partial charge in [-0.1, -0.05) is 34.1 Å². The van der Waals surface area contributed by atoms with E-state index in [1.165, 1.54) is 24.3 Å². The van der Waals surface area contributed by atoms with Crippen molar-refractivity contribution in [1.82, 2.24) is 0 Å². The van der Waals surface area contributed by atoms with Crippen molar-refractivity contribution in [2.24, 2.45) is 0 Å². The molecule has 3 heteroatoms. The molecule has 1 aliphatic carbocycles. The monoisotopic (exact) mass is 264 g/mol. The topological polar surface area (TPSA) is 34.1 Å². The fourth-order valence-corrected chi connectivity index (χ4v) is 1.16. The zero-order chi connectivity index (χ0) is 11.1. The number of carbonyl (C=O) groups excluding carboxylic acids is 2. The lowest BCUT2D eigenvalue weighted by atomic mass is 10.2. The van der Waals surface area contributed by atoms with E-state index in [0.717, 1.165) is 4.47 Å². The molecule has 2 nitrogen and oxygen atoms in total. The van der Waals surface area contributed by atoms with Gasteiger partial charge in [-0.05, 0) is 36.4 Å². The lowest BCUT2D eigenvalue weighted by Crippen LogP contribution is -1.97. The van der Waals surface area contributed by atoms with Crippen molar-refractivity contribution in [3.63, 3.8) is 0 Å². The molecule has 2 rings (SSSR count). The number of rotatable bonds is 0. The molecule has 0 heterocycles. The van der Waals surface area contributed by atoms with Gasteiger partial charge in [-0.3, -0.25) is 9.59 Å². The lowest BCUT2D eigenvalue weighted by molar-refractivity contribution is -0.113. The lowest BCUT2D eigenvalue weighted by Gasteiger charge is -1.87. The van der Waals surface area contributed by atoms with Gasteiger partial charge in [0.05, 0.1) is 0 Å². The molecule has 1 aliphatic rings. The van der Waals surface area contributed by atoms with Crippen LogP contribution in [0.1, 0.15) is 0 Å². The van der Waals surface area contributed by atoms with Crippen LogP contribution in [0.2, 0.25) is 0 Å². The normalized spacial score (nSPS) is 13.4. The van der Waals surface area contributed by atoms with Gasteiger partial charge in [0, 0.05) is 4.47 Å². The van der Waals surface area contributed by atoms with Gasteiger partial charge in [-0.25, -0.2) is 0 Å². The van der Waals surface area contributed by atoms with E-state index >= 15 is 0 Å². The quantitative estimate of drug-likeness (QED) is 0.676. The first-order chi connectivity index (χ1) is 7.18. The summed E-state index contributed by atoms with van der Waals surface area (Å²) < 4.78 is 1.13. The van der Waals surface area contributed by atoms with E-state index in [1.54, 1.807) is 0 Å². The summed E-state index contributed by atoms with van der Waals surface area (Å²) in [7, 11) is 0. The molecule has 0 saturated heterocycles. The average molecular weight is 265 g/mol. The predicted octanol–water partition coefficient (Wildman–Crippen LogP) is 2.70. The average Bonchev–Trinajstić information content (AvgIpc) is 2.25. The molecule has 0 aliphatic heterocycles. The van der Waals surface area contributed by atoms with Crippen LogP contribution in [0.3, 0.4) is 0 Å². The molecule has 0 amide bonds. The summed E-state index contributed by atoms with van der Waals surface area (Å²) in [5.74, 6) is -0.241. The van der Waals surface area contributed by atoms with Crippen molar-refractivity contribution in [2.45, 2.75) is 0 Å². The minimum atomic E-state index is -0.121. The van der Waals surface area contributed by atoms with E-state index in [1.807, 2.05) is 30.3 Å². The molecule has 1 aromatic carbocycles. The molecule has 76 valence electrons. The number of ketones is 2. The molecule has 0 radical (unpaired) electrons. The zero-order valence-corrected chi connectivity index (χ0v) is 9.48. The zero-order valence-electron chi connectivity index (χ0n) is 7.89. The number of benzene rings is 1. The number of halogens is 1. The molecule has 0 unspecified atom stereocenters. The highest BCUT2D eigenvalue weighted by Crippen LogP contribution is 2.05. The molecule has 0 aromatic heterocycles. The Morgan fingerprint density at radius 2 is 1.13 bits per heavy atom. The Hall–Kier alpha value is -1.48. The van der Waals surface area contributed by atoms with Crippen LogP contribution < -0.4 is 0 Å². The summed E-state index contributed by atoms with van der Waals surface area (Å²) in [4.78, 5) is 20.6. The number of allylic oxidation sites excluding steroid dienone is 4. The Bertz CT molecular complexity index is 367.